The molecule has 5 nitrogen and oxygen atoms in total. The Bertz CT molecular complexity index is 483. The topological polar surface area (TPSA) is 69.6 Å². The van der Waals surface area contributed by atoms with E-state index in [9.17, 15) is 9.59 Å². The highest BCUT2D eigenvalue weighted by Crippen LogP contribution is 2.20. The predicted octanol–water partition coefficient (Wildman–Crippen LogP) is 1.49. The number of nitrogens with zero attached hydrogens (tertiary/aromatic N) is 1. The summed E-state index contributed by atoms with van der Waals surface area (Å²) in [5, 5.41) is 12.4. The Hall–Kier alpha value is -1.88. The second-order valence-corrected chi connectivity index (χ2v) is 4.75. The maximum atomic E-state index is 12.0. The minimum atomic E-state index is -1.02. The van der Waals surface area contributed by atoms with E-state index in [1.165, 1.54) is 23.8 Å². The molecule has 0 saturated heterocycles. The Labute approximate surface area is 112 Å². The van der Waals surface area contributed by atoms with Crippen LogP contribution in [0.4, 0.5) is 5.69 Å². The van der Waals surface area contributed by atoms with E-state index in [1.807, 2.05) is 0 Å². The van der Waals surface area contributed by atoms with E-state index in [0.717, 1.165) is 0 Å². The van der Waals surface area contributed by atoms with Gasteiger partial charge in [-0.25, -0.2) is 4.79 Å². The molecule has 0 heterocycles. The summed E-state index contributed by atoms with van der Waals surface area (Å²) in [4.78, 5) is 24.5. The molecule has 19 heavy (non-hydrogen) atoms. The van der Waals surface area contributed by atoms with E-state index in [-0.39, 0.29) is 11.5 Å². The molecule has 1 amide bonds. The molecule has 102 valence electrons. The summed E-state index contributed by atoms with van der Waals surface area (Å²) in [5.41, 5.74) is 0.583. The normalized spacial score (nSPS) is 14.2. The van der Waals surface area contributed by atoms with Crippen molar-refractivity contribution in [2.24, 2.45) is 0 Å². The number of benzene rings is 1. The number of rotatable bonds is 6. The Morgan fingerprint density at radius 1 is 1.37 bits per heavy atom. The number of carboxylic acids is 1. The smallest absolute Gasteiger partial charge is 0.337 e. The summed E-state index contributed by atoms with van der Waals surface area (Å²) in [6, 6.07) is 7.11. The first-order valence-corrected chi connectivity index (χ1v) is 6.42. The SMILES string of the molecule is CN(C(=O)CCNC1CC1)c1ccccc1C(=O)O. The molecule has 0 atom stereocenters. The van der Waals surface area contributed by atoms with Crippen molar-refractivity contribution in [1.29, 1.82) is 0 Å². The van der Waals surface area contributed by atoms with Crippen molar-refractivity contribution in [3.63, 3.8) is 0 Å². The fourth-order valence-electron chi connectivity index (χ4n) is 1.92. The number of hydrogen-bond donors (Lipinski definition) is 2. The number of anilines is 1. The van der Waals surface area contributed by atoms with Gasteiger partial charge in [-0.15, -0.1) is 0 Å². The summed E-state index contributed by atoms with van der Waals surface area (Å²) in [7, 11) is 1.61. The molecule has 0 spiro atoms. The van der Waals surface area contributed by atoms with Gasteiger partial charge in [-0.3, -0.25) is 4.79 Å². The molecule has 1 fully saturated rings. The molecule has 0 radical (unpaired) electrons. The van der Waals surface area contributed by atoms with Crippen LogP contribution in [0.3, 0.4) is 0 Å². The van der Waals surface area contributed by atoms with Gasteiger partial charge in [0.1, 0.15) is 0 Å². The fourth-order valence-corrected chi connectivity index (χ4v) is 1.92. The third kappa shape index (κ3) is 3.54. The summed E-state index contributed by atoms with van der Waals surface area (Å²) in [5.74, 6) is -1.10. The lowest BCUT2D eigenvalue weighted by Gasteiger charge is -2.19. The van der Waals surface area contributed by atoms with Crippen LogP contribution in [-0.4, -0.2) is 36.6 Å². The maximum Gasteiger partial charge on any atom is 0.337 e. The lowest BCUT2D eigenvalue weighted by molar-refractivity contribution is -0.118. The van der Waals surface area contributed by atoms with Crippen LogP contribution in [0.5, 0.6) is 0 Å². The summed E-state index contributed by atoms with van der Waals surface area (Å²) in [6.45, 7) is 0.642. The minimum Gasteiger partial charge on any atom is -0.478 e. The first-order chi connectivity index (χ1) is 9.09. The average molecular weight is 262 g/mol. The van der Waals surface area contributed by atoms with E-state index < -0.39 is 5.97 Å². The molecule has 1 saturated carbocycles. The van der Waals surface area contributed by atoms with Gasteiger partial charge in [0.25, 0.3) is 0 Å². The third-order valence-electron chi connectivity index (χ3n) is 3.22. The molecule has 5 heteroatoms. The zero-order chi connectivity index (χ0) is 13.8. The molecule has 2 N–H and O–H groups in total. The zero-order valence-electron chi connectivity index (χ0n) is 10.9. The summed E-state index contributed by atoms with van der Waals surface area (Å²) in [6.07, 6.45) is 2.75. The van der Waals surface area contributed by atoms with Crippen molar-refractivity contribution >= 4 is 17.6 Å². The Morgan fingerprint density at radius 2 is 2.05 bits per heavy atom. The van der Waals surface area contributed by atoms with Crippen LogP contribution < -0.4 is 10.2 Å². The van der Waals surface area contributed by atoms with Gasteiger partial charge in [0.15, 0.2) is 0 Å². The lowest BCUT2D eigenvalue weighted by Crippen LogP contribution is -2.31. The Morgan fingerprint density at radius 3 is 2.68 bits per heavy atom. The standard InChI is InChI=1S/C14H18N2O3/c1-16(13(17)8-9-15-10-6-7-10)12-5-3-2-4-11(12)14(18)19/h2-5,10,15H,6-9H2,1H3,(H,18,19). The number of carbonyl (C=O) groups excluding carboxylic acids is 1. The molecule has 1 aliphatic carbocycles. The van der Waals surface area contributed by atoms with Gasteiger partial charge in [-0.2, -0.15) is 0 Å². The second kappa shape index (κ2) is 5.84. The van der Waals surface area contributed by atoms with Crippen LogP contribution in [0.1, 0.15) is 29.6 Å². The van der Waals surface area contributed by atoms with E-state index in [4.69, 9.17) is 5.11 Å². The maximum absolute atomic E-state index is 12.0. The van der Waals surface area contributed by atoms with Crippen molar-refractivity contribution < 1.29 is 14.7 Å². The van der Waals surface area contributed by atoms with Crippen LogP contribution in [-0.2, 0) is 4.79 Å². The second-order valence-electron chi connectivity index (χ2n) is 4.75. The fraction of sp³-hybridized carbons (Fsp3) is 0.429. The number of para-hydroxylation sites is 1. The van der Waals surface area contributed by atoms with Gasteiger partial charge in [-0.05, 0) is 25.0 Å². The van der Waals surface area contributed by atoms with Gasteiger partial charge in [0.2, 0.25) is 5.91 Å². The number of carboxylic acid groups (broad SMARTS) is 1. The van der Waals surface area contributed by atoms with Crippen molar-refractivity contribution in [3.8, 4) is 0 Å². The van der Waals surface area contributed by atoms with Crippen molar-refractivity contribution in [2.75, 3.05) is 18.5 Å². The molecule has 2 rings (SSSR count). The van der Waals surface area contributed by atoms with E-state index in [1.54, 1.807) is 25.2 Å². The molecule has 0 bridgehead atoms. The summed E-state index contributed by atoms with van der Waals surface area (Å²) < 4.78 is 0. The van der Waals surface area contributed by atoms with Gasteiger partial charge < -0.3 is 15.3 Å². The predicted molar refractivity (Wildman–Crippen MR) is 72.5 cm³/mol. The van der Waals surface area contributed by atoms with Crippen LogP contribution in [0, 0.1) is 0 Å². The van der Waals surface area contributed by atoms with Crippen LogP contribution in [0.15, 0.2) is 24.3 Å². The Balaban J connectivity index is 1.98. The monoisotopic (exact) mass is 262 g/mol. The highest BCUT2D eigenvalue weighted by atomic mass is 16.4. The lowest BCUT2D eigenvalue weighted by atomic mass is 10.1. The number of aromatic carboxylic acids is 1. The van der Waals surface area contributed by atoms with Crippen LogP contribution in [0.2, 0.25) is 0 Å². The van der Waals surface area contributed by atoms with Gasteiger partial charge in [-0.1, -0.05) is 12.1 Å². The molecule has 1 aromatic carbocycles. The molecular formula is C14H18N2O3. The van der Waals surface area contributed by atoms with Crippen molar-refractivity contribution in [2.45, 2.75) is 25.3 Å². The van der Waals surface area contributed by atoms with E-state index in [0.29, 0.717) is 24.7 Å². The number of amides is 1. The number of hydrogen-bond acceptors (Lipinski definition) is 3. The number of carbonyl (C=O) groups is 2. The highest BCUT2D eigenvalue weighted by molar-refractivity contribution is 6.01. The minimum absolute atomic E-state index is 0.0816. The first-order valence-electron chi connectivity index (χ1n) is 6.42. The quantitative estimate of drug-likeness (QED) is 0.815. The average Bonchev–Trinajstić information content (AvgIpc) is 3.21. The van der Waals surface area contributed by atoms with Crippen LogP contribution >= 0.6 is 0 Å². The molecular weight excluding hydrogens is 244 g/mol. The van der Waals surface area contributed by atoms with Crippen molar-refractivity contribution in [1.82, 2.24) is 5.32 Å². The number of nitrogens with one attached hydrogen (secondary N) is 1. The van der Waals surface area contributed by atoms with Gasteiger partial charge >= 0.3 is 5.97 Å². The van der Waals surface area contributed by atoms with Crippen LogP contribution in [0.25, 0.3) is 0 Å². The Kier molecular flexibility index (Phi) is 4.16. The molecule has 1 aliphatic rings. The molecule has 1 aromatic rings. The third-order valence-corrected chi connectivity index (χ3v) is 3.22. The van der Waals surface area contributed by atoms with E-state index in [2.05, 4.69) is 5.32 Å². The summed E-state index contributed by atoms with van der Waals surface area (Å²) >= 11 is 0. The van der Waals surface area contributed by atoms with Crippen molar-refractivity contribution in [3.05, 3.63) is 29.8 Å². The zero-order valence-corrected chi connectivity index (χ0v) is 10.9. The van der Waals surface area contributed by atoms with E-state index >= 15 is 0 Å². The largest absolute Gasteiger partial charge is 0.478 e. The highest BCUT2D eigenvalue weighted by Gasteiger charge is 2.21. The van der Waals surface area contributed by atoms with Gasteiger partial charge in [0.05, 0.1) is 11.3 Å². The molecule has 0 aliphatic heterocycles. The first kappa shape index (κ1) is 13.5. The van der Waals surface area contributed by atoms with Gasteiger partial charge in [0, 0.05) is 26.1 Å². The molecule has 0 aromatic heterocycles. The molecule has 0 unspecified atom stereocenters.